The van der Waals surface area contributed by atoms with Gasteiger partial charge in [-0.2, -0.15) is 0 Å². The molecule has 0 saturated heterocycles. The molecule has 0 fully saturated rings. The van der Waals surface area contributed by atoms with E-state index < -0.39 is 0 Å². The van der Waals surface area contributed by atoms with Crippen molar-refractivity contribution in [3.63, 3.8) is 0 Å². The zero-order valence-corrected chi connectivity index (χ0v) is 13.2. The van der Waals surface area contributed by atoms with Crippen molar-refractivity contribution in [2.75, 3.05) is 26.2 Å². The van der Waals surface area contributed by atoms with Gasteiger partial charge in [0.05, 0.1) is 0 Å². The van der Waals surface area contributed by atoms with Crippen LogP contribution in [0.15, 0.2) is 0 Å². The Bertz CT molecular complexity index is 196. The summed E-state index contributed by atoms with van der Waals surface area (Å²) in [5.74, 6) is 0. The Labute approximate surface area is 109 Å². The van der Waals surface area contributed by atoms with Crippen LogP contribution in [-0.4, -0.2) is 36.6 Å². The van der Waals surface area contributed by atoms with Crippen LogP contribution in [0.1, 0.15) is 61.3 Å². The van der Waals surface area contributed by atoms with E-state index in [0.717, 1.165) is 6.54 Å². The molecule has 0 aromatic carbocycles. The van der Waals surface area contributed by atoms with Crippen molar-refractivity contribution >= 4 is 0 Å². The SMILES string of the molecule is CCCN(CC)CC(C)(CC)CNC(C)(C)C. The van der Waals surface area contributed by atoms with Crippen LogP contribution in [0.3, 0.4) is 0 Å². The van der Waals surface area contributed by atoms with E-state index in [1.807, 2.05) is 0 Å². The molecule has 1 atom stereocenters. The molecular weight excluding hydrogens is 208 g/mol. The van der Waals surface area contributed by atoms with E-state index in [1.165, 1.54) is 32.5 Å². The van der Waals surface area contributed by atoms with Gasteiger partial charge in [0.2, 0.25) is 0 Å². The molecule has 0 spiro atoms. The third-order valence-electron chi connectivity index (χ3n) is 3.49. The van der Waals surface area contributed by atoms with Gasteiger partial charge < -0.3 is 10.2 Å². The van der Waals surface area contributed by atoms with E-state index >= 15 is 0 Å². The summed E-state index contributed by atoms with van der Waals surface area (Å²) in [6.45, 7) is 20.7. The van der Waals surface area contributed by atoms with Crippen molar-refractivity contribution in [3.05, 3.63) is 0 Å². The first-order chi connectivity index (χ1) is 7.76. The molecule has 1 unspecified atom stereocenters. The molecule has 0 aliphatic rings. The fraction of sp³-hybridized carbons (Fsp3) is 1.00. The maximum atomic E-state index is 3.66. The van der Waals surface area contributed by atoms with Gasteiger partial charge in [0.15, 0.2) is 0 Å². The molecule has 0 aliphatic carbocycles. The lowest BCUT2D eigenvalue weighted by molar-refractivity contribution is 0.151. The fourth-order valence-corrected chi connectivity index (χ4v) is 1.98. The molecule has 2 nitrogen and oxygen atoms in total. The molecule has 0 aromatic rings. The molecule has 1 N–H and O–H groups in total. The Morgan fingerprint density at radius 3 is 1.94 bits per heavy atom. The van der Waals surface area contributed by atoms with Gasteiger partial charge in [0, 0.05) is 18.6 Å². The minimum Gasteiger partial charge on any atom is -0.311 e. The van der Waals surface area contributed by atoms with Crippen LogP contribution >= 0.6 is 0 Å². The van der Waals surface area contributed by atoms with Gasteiger partial charge in [-0.3, -0.25) is 0 Å². The zero-order valence-electron chi connectivity index (χ0n) is 13.2. The highest BCUT2D eigenvalue weighted by Crippen LogP contribution is 2.22. The van der Waals surface area contributed by atoms with Crippen molar-refractivity contribution in [1.82, 2.24) is 10.2 Å². The molecule has 0 heterocycles. The third kappa shape index (κ3) is 7.77. The fourth-order valence-electron chi connectivity index (χ4n) is 1.98. The van der Waals surface area contributed by atoms with Crippen LogP contribution in [-0.2, 0) is 0 Å². The molecule has 2 heteroatoms. The Hall–Kier alpha value is -0.0800. The summed E-state index contributed by atoms with van der Waals surface area (Å²) in [7, 11) is 0. The number of rotatable bonds is 8. The third-order valence-corrected chi connectivity index (χ3v) is 3.49. The molecule has 0 radical (unpaired) electrons. The summed E-state index contributed by atoms with van der Waals surface area (Å²) in [6.07, 6.45) is 2.48. The Morgan fingerprint density at radius 1 is 1.00 bits per heavy atom. The van der Waals surface area contributed by atoms with Gasteiger partial charge in [-0.1, -0.05) is 27.7 Å². The summed E-state index contributed by atoms with van der Waals surface area (Å²) in [4.78, 5) is 2.58. The first-order valence-corrected chi connectivity index (χ1v) is 7.23. The monoisotopic (exact) mass is 242 g/mol. The summed E-state index contributed by atoms with van der Waals surface area (Å²) < 4.78 is 0. The van der Waals surface area contributed by atoms with Crippen LogP contribution in [0.4, 0.5) is 0 Å². The first-order valence-electron chi connectivity index (χ1n) is 7.23. The molecule has 0 saturated carbocycles. The van der Waals surface area contributed by atoms with Crippen LogP contribution in [0.25, 0.3) is 0 Å². The molecule has 0 bridgehead atoms. The maximum Gasteiger partial charge on any atom is 0.00967 e. The molecule has 17 heavy (non-hydrogen) atoms. The van der Waals surface area contributed by atoms with E-state index in [4.69, 9.17) is 0 Å². The number of hydrogen-bond donors (Lipinski definition) is 1. The summed E-state index contributed by atoms with van der Waals surface area (Å²) >= 11 is 0. The second-order valence-corrected chi connectivity index (χ2v) is 6.64. The van der Waals surface area contributed by atoms with Crippen LogP contribution < -0.4 is 5.32 Å². The van der Waals surface area contributed by atoms with Crippen molar-refractivity contribution in [3.8, 4) is 0 Å². The quantitative estimate of drug-likeness (QED) is 0.700. The van der Waals surface area contributed by atoms with E-state index in [0.29, 0.717) is 5.41 Å². The molecule has 104 valence electrons. The lowest BCUT2D eigenvalue weighted by Gasteiger charge is -2.37. The number of nitrogens with zero attached hydrogens (tertiary/aromatic N) is 1. The lowest BCUT2D eigenvalue weighted by Crippen LogP contribution is -2.47. The zero-order chi connectivity index (χ0) is 13.5. The number of nitrogens with one attached hydrogen (secondary N) is 1. The summed E-state index contributed by atoms with van der Waals surface area (Å²) in [5.41, 5.74) is 0.608. The highest BCUT2D eigenvalue weighted by molar-refractivity contribution is 4.83. The molecule has 0 rings (SSSR count). The Morgan fingerprint density at radius 2 is 1.59 bits per heavy atom. The van der Waals surface area contributed by atoms with Gasteiger partial charge in [-0.25, -0.2) is 0 Å². The van der Waals surface area contributed by atoms with E-state index in [1.54, 1.807) is 0 Å². The topological polar surface area (TPSA) is 15.3 Å². The average Bonchev–Trinajstić information content (AvgIpc) is 2.25. The van der Waals surface area contributed by atoms with E-state index in [2.05, 4.69) is 58.7 Å². The van der Waals surface area contributed by atoms with Gasteiger partial charge in [-0.05, 0) is 52.1 Å². The van der Waals surface area contributed by atoms with Gasteiger partial charge in [0.25, 0.3) is 0 Å². The predicted octanol–water partition coefficient (Wildman–Crippen LogP) is 3.52. The van der Waals surface area contributed by atoms with Crippen LogP contribution in [0, 0.1) is 5.41 Å². The van der Waals surface area contributed by atoms with Crippen LogP contribution in [0.2, 0.25) is 0 Å². The van der Waals surface area contributed by atoms with Crippen molar-refractivity contribution in [1.29, 1.82) is 0 Å². The first kappa shape index (κ1) is 16.9. The smallest absolute Gasteiger partial charge is 0.00967 e. The second-order valence-electron chi connectivity index (χ2n) is 6.64. The predicted molar refractivity (Wildman–Crippen MR) is 78.6 cm³/mol. The molecule has 0 aliphatic heterocycles. The normalized spacial score (nSPS) is 16.2. The van der Waals surface area contributed by atoms with Gasteiger partial charge >= 0.3 is 0 Å². The standard InChI is InChI=1S/C15H34N2/c1-8-11-17(10-3)13-15(7,9-2)12-16-14(4,5)6/h16H,8-13H2,1-7H3. The largest absolute Gasteiger partial charge is 0.311 e. The summed E-state index contributed by atoms with van der Waals surface area (Å²) in [5, 5.41) is 3.66. The van der Waals surface area contributed by atoms with Crippen molar-refractivity contribution in [2.24, 2.45) is 5.41 Å². The van der Waals surface area contributed by atoms with Crippen molar-refractivity contribution < 1.29 is 0 Å². The van der Waals surface area contributed by atoms with Crippen LogP contribution in [0.5, 0.6) is 0 Å². The van der Waals surface area contributed by atoms with Gasteiger partial charge in [-0.15, -0.1) is 0 Å². The lowest BCUT2D eigenvalue weighted by atomic mass is 9.85. The minimum atomic E-state index is 0.220. The van der Waals surface area contributed by atoms with E-state index in [9.17, 15) is 0 Å². The van der Waals surface area contributed by atoms with E-state index in [-0.39, 0.29) is 5.54 Å². The maximum absolute atomic E-state index is 3.66. The molecule has 0 amide bonds. The second kappa shape index (κ2) is 7.38. The number of hydrogen-bond acceptors (Lipinski definition) is 2. The highest BCUT2D eigenvalue weighted by Gasteiger charge is 2.26. The Balaban J connectivity index is 4.34. The molecular formula is C15H34N2. The van der Waals surface area contributed by atoms with Gasteiger partial charge in [0.1, 0.15) is 0 Å². The summed E-state index contributed by atoms with van der Waals surface area (Å²) in [6, 6.07) is 0. The highest BCUT2D eigenvalue weighted by atomic mass is 15.1. The Kier molecular flexibility index (Phi) is 7.34. The average molecular weight is 242 g/mol. The molecule has 0 aromatic heterocycles. The van der Waals surface area contributed by atoms with Crippen molar-refractivity contribution in [2.45, 2.75) is 66.8 Å². The minimum absolute atomic E-state index is 0.220.